The van der Waals surface area contributed by atoms with E-state index >= 15 is 0 Å². The van der Waals surface area contributed by atoms with Crippen molar-refractivity contribution in [1.29, 1.82) is 0 Å². The predicted octanol–water partition coefficient (Wildman–Crippen LogP) is 1.96. The highest BCUT2D eigenvalue weighted by atomic mass is 16.7. The van der Waals surface area contributed by atoms with Crippen LogP contribution >= 0.6 is 0 Å². The molecule has 0 aromatic heterocycles. The van der Waals surface area contributed by atoms with E-state index in [2.05, 4.69) is 6.92 Å². The van der Waals surface area contributed by atoms with Crippen LogP contribution in [0.2, 0.25) is 0 Å². The zero-order chi connectivity index (χ0) is 7.11. The van der Waals surface area contributed by atoms with Crippen LogP contribution in [-0.4, -0.2) is 13.7 Å². The average Bonchev–Trinajstić information content (AvgIpc) is 1.88. The summed E-state index contributed by atoms with van der Waals surface area (Å²) in [7, 11) is 1.64. The van der Waals surface area contributed by atoms with Crippen molar-refractivity contribution in [2.24, 2.45) is 0 Å². The highest BCUT2D eigenvalue weighted by molar-refractivity contribution is 4.61. The lowest BCUT2D eigenvalue weighted by molar-refractivity contribution is -0.0239. The maximum absolute atomic E-state index is 5.13. The molecule has 0 atom stereocenters. The first-order valence-electron chi connectivity index (χ1n) is 3.37. The number of hydrogen-bond acceptors (Lipinski definition) is 2. The maximum atomic E-state index is 5.13. The Labute approximate surface area is 57.2 Å². The van der Waals surface area contributed by atoms with Gasteiger partial charge in [-0.2, -0.15) is 0 Å². The largest absolute Gasteiger partial charge is 0.349 e. The fraction of sp³-hybridized carbons (Fsp3) is 0.857. The van der Waals surface area contributed by atoms with E-state index in [0.717, 1.165) is 19.1 Å². The molecule has 0 fully saturated rings. The molecule has 0 aliphatic rings. The molecule has 0 amide bonds. The van der Waals surface area contributed by atoms with Crippen molar-refractivity contribution in [2.45, 2.75) is 26.7 Å². The van der Waals surface area contributed by atoms with Crippen molar-refractivity contribution in [3.05, 3.63) is 6.29 Å². The second-order valence-electron chi connectivity index (χ2n) is 1.76. The van der Waals surface area contributed by atoms with Crippen LogP contribution in [0, 0.1) is 6.29 Å². The molecule has 0 aromatic rings. The van der Waals surface area contributed by atoms with Gasteiger partial charge in [0.2, 0.25) is 6.29 Å². The van der Waals surface area contributed by atoms with E-state index < -0.39 is 0 Å². The summed E-state index contributed by atoms with van der Waals surface area (Å²) >= 11 is 0. The summed E-state index contributed by atoms with van der Waals surface area (Å²) in [6, 6.07) is 0. The maximum Gasteiger partial charge on any atom is 0.223 e. The molecule has 2 nitrogen and oxygen atoms in total. The minimum Gasteiger partial charge on any atom is -0.349 e. The van der Waals surface area contributed by atoms with E-state index in [1.807, 2.05) is 6.92 Å². The average molecular weight is 131 g/mol. The third-order valence-electron chi connectivity index (χ3n) is 0.987. The Morgan fingerprint density at radius 2 is 2.00 bits per heavy atom. The van der Waals surface area contributed by atoms with Crippen molar-refractivity contribution in [2.75, 3.05) is 13.7 Å². The topological polar surface area (TPSA) is 18.5 Å². The van der Waals surface area contributed by atoms with Gasteiger partial charge in [0.05, 0.1) is 0 Å². The first-order chi connectivity index (χ1) is 4.35. The Kier molecular flexibility index (Phi) is 5.99. The molecule has 1 radical (unpaired) electrons. The Morgan fingerprint density at radius 1 is 1.33 bits per heavy atom. The number of hydrogen-bond donors (Lipinski definition) is 0. The fourth-order valence-electron chi connectivity index (χ4n) is 0.598. The van der Waals surface area contributed by atoms with Gasteiger partial charge < -0.3 is 9.47 Å². The molecule has 0 aliphatic heterocycles. The molecule has 0 unspecified atom stereocenters. The van der Waals surface area contributed by atoms with E-state index in [4.69, 9.17) is 9.47 Å². The summed E-state index contributed by atoms with van der Waals surface area (Å²) in [5, 5.41) is 0. The monoisotopic (exact) mass is 131 g/mol. The van der Waals surface area contributed by atoms with Gasteiger partial charge in [0.25, 0.3) is 0 Å². The molecule has 55 valence electrons. The first kappa shape index (κ1) is 8.92. The van der Waals surface area contributed by atoms with Crippen molar-refractivity contribution >= 4 is 0 Å². The molecule has 0 saturated heterocycles. The second kappa shape index (κ2) is 6.05. The van der Waals surface area contributed by atoms with Gasteiger partial charge in [0, 0.05) is 20.1 Å². The van der Waals surface area contributed by atoms with Gasteiger partial charge in [0.1, 0.15) is 0 Å². The summed E-state index contributed by atoms with van der Waals surface area (Å²) in [5.41, 5.74) is 0. The first-order valence-corrected chi connectivity index (χ1v) is 3.37. The lowest BCUT2D eigenvalue weighted by Gasteiger charge is -2.10. The highest BCUT2D eigenvalue weighted by Crippen LogP contribution is 2.09. The molecule has 0 rings (SSSR count). The molecule has 0 heterocycles. The lowest BCUT2D eigenvalue weighted by atomic mass is 10.3. The fourth-order valence-corrected chi connectivity index (χ4v) is 0.598. The normalized spacial score (nSPS) is 10.7. The number of ether oxygens (including phenoxy) is 2. The molecule has 0 saturated carbocycles. The minimum atomic E-state index is 0.698. The third-order valence-corrected chi connectivity index (χ3v) is 0.987. The Bertz CT molecular complexity index is 48.9. The van der Waals surface area contributed by atoms with E-state index in [-0.39, 0.29) is 0 Å². The van der Waals surface area contributed by atoms with Crippen molar-refractivity contribution in [3.63, 3.8) is 0 Å². The lowest BCUT2D eigenvalue weighted by Crippen LogP contribution is -2.04. The predicted molar refractivity (Wildman–Crippen MR) is 36.8 cm³/mol. The quantitative estimate of drug-likeness (QED) is 0.567. The zero-order valence-electron chi connectivity index (χ0n) is 6.44. The van der Waals surface area contributed by atoms with Gasteiger partial charge >= 0.3 is 0 Å². The summed E-state index contributed by atoms with van der Waals surface area (Å²) in [6.07, 6.45) is 2.73. The van der Waals surface area contributed by atoms with E-state index in [9.17, 15) is 0 Å². The Balaban J connectivity index is 3.18. The molecule has 9 heavy (non-hydrogen) atoms. The van der Waals surface area contributed by atoms with E-state index in [0.29, 0.717) is 6.61 Å². The molecule has 0 aliphatic carbocycles. The molecular formula is C7H15O2. The van der Waals surface area contributed by atoms with Crippen LogP contribution in [0.25, 0.3) is 0 Å². The molecular weight excluding hydrogens is 116 g/mol. The Hall–Kier alpha value is -0.0800. The summed E-state index contributed by atoms with van der Waals surface area (Å²) < 4.78 is 10.1. The molecule has 0 aromatic carbocycles. The van der Waals surface area contributed by atoms with Crippen molar-refractivity contribution < 1.29 is 9.47 Å². The number of rotatable bonds is 5. The standard InChI is InChI=1S/C7H15O2/c1-4-6-7(8-3)9-5-2/h4-6H2,1-3H3. The zero-order valence-corrected chi connectivity index (χ0v) is 6.44. The highest BCUT2D eigenvalue weighted by Gasteiger charge is 2.04. The van der Waals surface area contributed by atoms with E-state index in [1.54, 1.807) is 7.11 Å². The van der Waals surface area contributed by atoms with Crippen LogP contribution in [0.3, 0.4) is 0 Å². The van der Waals surface area contributed by atoms with Gasteiger partial charge in [-0.25, -0.2) is 0 Å². The molecule has 0 spiro atoms. The SMILES string of the molecule is CCC[C](OC)OCC. The molecule has 0 bridgehead atoms. The summed E-state index contributed by atoms with van der Waals surface area (Å²) in [6.45, 7) is 4.75. The van der Waals surface area contributed by atoms with Crippen LogP contribution in [0.15, 0.2) is 0 Å². The van der Waals surface area contributed by atoms with Crippen LogP contribution in [0.5, 0.6) is 0 Å². The van der Waals surface area contributed by atoms with Gasteiger partial charge in [0.15, 0.2) is 0 Å². The van der Waals surface area contributed by atoms with E-state index in [1.165, 1.54) is 0 Å². The van der Waals surface area contributed by atoms with Crippen LogP contribution in [0.4, 0.5) is 0 Å². The van der Waals surface area contributed by atoms with Gasteiger partial charge in [-0.15, -0.1) is 0 Å². The minimum absolute atomic E-state index is 0.698. The van der Waals surface area contributed by atoms with Crippen LogP contribution < -0.4 is 0 Å². The Morgan fingerprint density at radius 3 is 2.33 bits per heavy atom. The van der Waals surface area contributed by atoms with Gasteiger partial charge in [-0.05, 0) is 6.92 Å². The van der Waals surface area contributed by atoms with Crippen molar-refractivity contribution in [3.8, 4) is 0 Å². The summed E-state index contributed by atoms with van der Waals surface area (Å²) in [5.74, 6) is 0. The number of methoxy groups -OCH3 is 1. The smallest absolute Gasteiger partial charge is 0.223 e. The van der Waals surface area contributed by atoms with Gasteiger partial charge in [-0.1, -0.05) is 13.3 Å². The molecule has 2 heteroatoms. The van der Waals surface area contributed by atoms with Crippen LogP contribution in [-0.2, 0) is 9.47 Å². The van der Waals surface area contributed by atoms with Crippen LogP contribution in [0.1, 0.15) is 26.7 Å². The second-order valence-corrected chi connectivity index (χ2v) is 1.76. The summed E-state index contributed by atoms with van der Waals surface area (Å²) in [4.78, 5) is 0. The molecule has 0 N–H and O–H groups in total. The third kappa shape index (κ3) is 4.43. The van der Waals surface area contributed by atoms with Gasteiger partial charge in [-0.3, -0.25) is 0 Å². The van der Waals surface area contributed by atoms with Crippen molar-refractivity contribution in [1.82, 2.24) is 0 Å².